The molecule has 2 N–H and O–H groups in total. The van der Waals surface area contributed by atoms with Gasteiger partial charge in [-0.05, 0) is 19.8 Å². The summed E-state index contributed by atoms with van der Waals surface area (Å²) in [6.07, 6.45) is 2.84. The van der Waals surface area contributed by atoms with E-state index in [0.717, 1.165) is 19.3 Å². The fourth-order valence-corrected chi connectivity index (χ4v) is 1.07. The molecule has 72 valence electrons. The molecule has 0 rings (SSSR count). The highest BCUT2D eigenvalue weighted by molar-refractivity contribution is 5.71. The summed E-state index contributed by atoms with van der Waals surface area (Å²) in [4.78, 5) is 10.9. The zero-order chi connectivity index (χ0) is 9.56. The third kappa shape index (κ3) is 5.13. The maximum absolute atomic E-state index is 10.9. The zero-order valence-electron chi connectivity index (χ0n) is 8.17. The van der Waals surface area contributed by atoms with Crippen molar-refractivity contribution in [1.82, 2.24) is 0 Å². The first-order valence-corrected chi connectivity index (χ1v) is 4.41. The van der Waals surface area contributed by atoms with Crippen molar-refractivity contribution in [2.24, 2.45) is 11.7 Å². The number of esters is 1. The molecule has 0 fully saturated rings. The lowest BCUT2D eigenvalue weighted by Gasteiger charge is -2.09. The van der Waals surface area contributed by atoms with Gasteiger partial charge < -0.3 is 10.5 Å². The van der Waals surface area contributed by atoms with Crippen molar-refractivity contribution in [1.29, 1.82) is 0 Å². The van der Waals surface area contributed by atoms with E-state index in [4.69, 9.17) is 5.73 Å². The summed E-state index contributed by atoms with van der Waals surface area (Å²) in [7, 11) is 1.42. The molecule has 0 bridgehead atoms. The molecule has 0 saturated heterocycles. The van der Waals surface area contributed by atoms with Gasteiger partial charge in [-0.15, -0.1) is 0 Å². The quantitative estimate of drug-likeness (QED) is 0.638. The van der Waals surface area contributed by atoms with E-state index in [-0.39, 0.29) is 17.9 Å². The molecule has 12 heavy (non-hydrogen) atoms. The van der Waals surface area contributed by atoms with Crippen molar-refractivity contribution >= 4 is 5.97 Å². The predicted octanol–water partition coefficient (Wildman–Crippen LogP) is 1.31. The van der Waals surface area contributed by atoms with E-state index in [1.165, 1.54) is 7.11 Å². The molecular formula is C9H19NO2. The molecule has 0 saturated carbocycles. The Labute approximate surface area is 74.3 Å². The molecule has 3 nitrogen and oxygen atoms in total. The van der Waals surface area contributed by atoms with Crippen molar-refractivity contribution in [3.8, 4) is 0 Å². The number of carbonyl (C=O) groups is 1. The van der Waals surface area contributed by atoms with Gasteiger partial charge in [-0.3, -0.25) is 4.79 Å². The van der Waals surface area contributed by atoms with Gasteiger partial charge in [0.2, 0.25) is 0 Å². The Morgan fingerprint density at radius 3 is 2.42 bits per heavy atom. The van der Waals surface area contributed by atoms with Crippen LogP contribution in [0.4, 0.5) is 0 Å². The monoisotopic (exact) mass is 173 g/mol. The van der Waals surface area contributed by atoms with Gasteiger partial charge in [0, 0.05) is 6.04 Å². The first-order chi connectivity index (χ1) is 5.57. The van der Waals surface area contributed by atoms with Crippen molar-refractivity contribution < 1.29 is 9.53 Å². The van der Waals surface area contributed by atoms with Crippen LogP contribution < -0.4 is 5.73 Å². The number of hydrogen-bond acceptors (Lipinski definition) is 3. The van der Waals surface area contributed by atoms with E-state index in [0.29, 0.717) is 0 Å². The minimum atomic E-state index is -0.125. The Morgan fingerprint density at radius 1 is 1.42 bits per heavy atom. The molecule has 2 unspecified atom stereocenters. The van der Waals surface area contributed by atoms with Gasteiger partial charge in [-0.2, -0.15) is 0 Å². The molecule has 0 aromatic carbocycles. The molecule has 2 atom stereocenters. The van der Waals surface area contributed by atoms with Crippen LogP contribution in [0.3, 0.4) is 0 Å². The topological polar surface area (TPSA) is 52.3 Å². The van der Waals surface area contributed by atoms with Gasteiger partial charge in [-0.25, -0.2) is 0 Å². The first kappa shape index (κ1) is 11.4. The highest BCUT2D eigenvalue weighted by Gasteiger charge is 2.12. The maximum atomic E-state index is 10.9. The molecule has 0 spiro atoms. The van der Waals surface area contributed by atoms with Gasteiger partial charge in [0.25, 0.3) is 0 Å². The molecule has 3 heteroatoms. The smallest absolute Gasteiger partial charge is 0.308 e. The SMILES string of the molecule is COC(=O)C(C)CCCC(C)N. The zero-order valence-corrected chi connectivity index (χ0v) is 8.17. The first-order valence-electron chi connectivity index (χ1n) is 4.41. The lowest BCUT2D eigenvalue weighted by atomic mass is 10.0. The van der Waals surface area contributed by atoms with Gasteiger partial charge >= 0.3 is 5.97 Å². The minimum Gasteiger partial charge on any atom is -0.469 e. The molecule has 0 aliphatic rings. The standard InChI is InChI=1S/C9H19NO2/c1-7(9(11)12-3)5-4-6-8(2)10/h7-8H,4-6,10H2,1-3H3. The van der Waals surface area contributed by atoms with Crippen LogP contribution in [0.1, 0.15) is 33.1 Å². The van der Waals surface area contributed by atoms with E-state index >= 15 is 0 Å². The Hall–Kier alpha value is -0.570. The molecule has 0 aromatic heterocycles. The van der Waals surface area contributed by atoms with Gasteiger partial charge in [0.05, 0.1) is 13.0 Å². The summed E-state index contributed by atoms with van der Waals surface area (Å²) in [5.74, 6) is -0.117. The molecule has 0 aliphatic carbocycles. The number of nitrogens with two attached hydrogens (primary N) is 1. The molecular weight excluding hydrogens is 154 g/mol. The van der Waals surface area contributed by atoms with Crippen LogP contribution in [0.2, 0.25) is 0 Å². The minimum absolute atomic E-state index is 0.00810. The predicted molar refractivity (Wildman–Crippen MR) is 48.7 cm³/mol. The van der Waals surface area contributed by atoms with Crippen molar-refractivity contribution in [3.63, 3.8) is 0 Å². The average molecular weight is 173 g/mol. The summed E-state index contributed by atoms with van der Waals surface area (Å²) < 4.78 is 4.60. The molecule has 0 aromatic rings. The Bertz CT molecular complexity index is 134. The number of hydrogen-bond donors (Lipinski definition) is 1. The van der Waals surface area contributed by atoms with Crippen LogP contribution in [-0.4, -0.2) is 19.1 Å². The van der Waals surface area contributed by atoms with E-state index in [9.17, 15) is 4.79 Å². The van der Waals surface area contributed by atoms with Crippen LogP contribution in [0, 0.1) is 5.92 Å². The van der Waals surface area contributed by atoms with Crippen molar-refractivity contribution in [3.05, 3.63) is 0 Å². The summed E-state index contributed by atoms with van der Waals surface area (Å²) in [5, 5.41) is 0. The van der Waals surface area contributed by atoms with Crippen LogP contribution >= 0.6 is 0 Å². The number of ether oxygens (including phenoxy) is 1. The fraction of sp³-hybridized carbons (Fsp3) is 0.889. The number of rotatable bonds is 5. The highest BCUT2D eigenvalue weighted by Crippen LogP contribution is 2.09. The van der Waals surface area contributed by atoms with Gasteiger partial charge in [0.1, 0.15) is 0 Å². The fourth-order valence-electron chi connectivity index (χ4n) is 1.07. The van der Waals surface area contributed by atoms with Gasteiger partial charge in [0.15, 0.2) is 0 Å². The van der Waals surface area contributed by atoms with E-state index in [1.54, 1.807) is 0 Å². The lowest BCUT2D eigenvalue weighted by Crippen LogP contribution is -2.16. The van der Waals surface area contributed by atoms with Crippen LogP contribution in [-0.2, 0) is 9.53 Å². The summed E-state index contributed by atoms with van der Waals surface area (Å²) in [5.41, 5.74) is 5.57. The van der Waals surface area contributed by atoms with Crippen LogP contribution in [0.25, 0.3) is 0 Å². The third-order valence-electron chi connectivity index (χ3n) is 1.90. The third-order valence-corrected chi connectivity index (χ3v) is 1.90. The second kappa shape index (κ2) is 6.00. The molecule has 0 radical (unpaired) electrons. The highest BCUT2D eigenvalue weighted by atomic mass is 16.5. The summed E-state index contributed by atoms with van der Waals surface area (Å²) in [6, 6.07) is 0.231. The second-order valence-electron chi connectivity index (χ2n) is 3.33. The summed E-state index contributed by atoms with van der Waals surface area (Å²) in [6.45, 7) is 3.86. The van der Waals surface area contributed by atoms with Crippen LogP contribution in [0.15, 0.2) is 0 Å². The van der Waals surface area contributed by atoms with E-state index < -0.39 is 0 Å². The second-order valence-corrected chi connectivity index (χ2v) is 3.33. The Kier molecular flexibility index (Phi) is 5.72. The van der Waals surface area contributed by atoms with Crippen molar-refractivity contribution in [2.45, 2.75) is 39.2 Å². The van der Waals surface area contributed by atoms with Gasteiger partial charge in [-0.1, -0.05) is 13.3 Å². The Balaban J connectivity index is 3.43. The van der Waals surface area contributed by atoms with E-state index in [1.807, 2.05) is 13.8 Å². The largest absolute Gasteiger partial charge is 0.469 e. The normalized spacial score (nSPS) is 15.3. The molecule has 0 aliphatic heterocycles. The average Bonchev–Trinajstić information content (AvgIpc) is 2.02. The number of carbonyl (C=O) groups excluding carboxylic acids is 1. The molecule has 0 heterocycles. The van der Waals surface area contributed by atoms with Crippen LogP contribution in [0.5, 0.6) is 0 Å². The van der Waals surface area contributed by atoms with E-state index in [2.05, 4.69) is 4.74 Å². The number of methoxy groups -OCH3 is 1. The summed E-state index contributed by atoms with van der Waals surface area (Å²) >= 11 is 0. The maximum Gasteiger partial charge on any atom is 0.308 e. The lowest BCUT2D eigenvalue weighted by molar-refractivity contribution is -0.145. The molecule has 0 amide bonds. The Morgan fingerprint density at radius 2 is 2.00 bits per heavy atom. The van der Waals surface area contributed by atoms with Crippen molar-refractivity contribution in [2.75, 3.05) is 7.11 Å².